The van der Waals surface area contributed by atoms with Gasteiger partial charge in [0, 0.05) is 31.8 Å². The van der Waals surface area contributed by atoms with Gasteiger partial charge in [0.2, 0.25) is 0 Å². The molecular weight excluding hydrogens is 258 g/mol. The molecule has 6 nitrogen and oxygen atoms in total. The number of amides is 1. The first-order chi connectivity index (χ1) is 9.40. The quantitative estimate of drug-likeness (QED) is 0.641. The molecule has 1 aromatic carbocycles. The molecule has 0 heterocycles. The summed E-state index contributed by atoms with van der Waals surface area (Å²) < 4.78 is 0. The fraction of sp³-hybridized carbons (Fsp3) is 0.500. The number of anilines is 1. The van der Waals surface area contributed by atoms with Crippen LogP contribution in [0.25, 0.3) is 0 Å². The van der Waals surface area contributed by atoms with E-state index < -0.39 is 4.92 Å². The molecule has 0 fully saturated rings. The number of nitrogens with zero attached hydrogens (tertiary/aromatic N) is 2. The van der Waals surface area contributed by atoms with Crippen LogP contribution in [0.4, 0.5) is 11.4 Å². The molecule has 1 aromatic rings. The van der Waals surface area contributed by atoms with Gasteiger partial charge in [-0.05, 0) is 25.0 Å². The molecule has 0 bridgehead atoms. The van der Waals surface area contributed by atoms with Gasteiger partial charge in [0.1, 0.15) is 5.69 Å². The van der Waals surface area contributed by atoms with Crippen molar-refractivity contribution in [3.63, 3.8) is 0 Å². The van der Waals surface area contributed by atoms with Crippen LogP contribution in [0, 0.1) is 10.1 Å². The zero-order valence-corrected chi connectivity index (χ0v) is 12.3. The van der Waals surface area contributed by atoms with Crippen molar-refractivity contribution >= 4 is 17.3 Å². The summed E-state index contributed by atoms with van der Waals surface area (Å²) in [7, 11) is 3.30. The predicted molar refractivity (Wildman–Crippen MR) is 79.1 cm³/mol. The highest BCUT2D eigenvalue weighted by molar-refractivity contribution is 5.95. The largest absolute Gasteiger partial charge is 0.377 e. The van der Waals surface area contributed by atoms with Crippen molar-refractivity contribution in [2.45, 2.75) is 32.7 Å². The smallest absolute Gasteiger partial charge is 0.292 e. The number of benzene rings is 1. The molecule has 0 atom stereocenters. The SMILES string of the molecule is CCC(CC)Nc1cc(C(=O)N(C)C)ccc1[N+](=O)[O-]. The van der Waals surface area contributed by atoms with Crippen LogP contribution in [0.2, 0.25) is 0 Å². The summed E-state index contributed by atoms with van der Waals surface area (Å²) in [6.45, 7) is 4.03. The van der Waals surface area contributed by atoms with Crippen molar-refractivity contribution in [2.75, 3.05) is 19.4 Å². The molecule has 0 aliphatic heterocycles. The molecule has 0 aliphatic rings. The van der Waals surface area contributed by atoms with Crippen LogP contribution in [-0.4, -0.2) is 35.9 Å². The summed E-state index contributed by atoms with van der Waals surface area (Å²) in [6, 6.07) is 4.57. The van der Waals surface area contributed by atoms with Gasteiger partial charge in [-0.15, -0.1) is 0 Å². The van der Waals surface area contributed by atoms with Gasteiger partial charge in [0.15, 0.2) is 0 Å². The van der Waals surface area contributed by atoms with Crippen LogP contribution in [0.15, 0.2) is 18.2 Å². The number of rotatable bonds is 6. The fourth-order valence-corrected chi connectivity index (χ4v) is 1.91. The van der Waals surface area contributed by atoms with Gasteiger partial charge in [-0.1, -0.05) is 13.8 Å². The maximum absolute atomic E-state index is 11.9. The highest BCUT2D eigenvalue weighted by atomic mass is 16.6. The molecule has 1 amide bonds. The second-order valence-corrected chi connectivity index (χ2v) is 4.85. The van der Waals surface area contributed by atoms with Gasteiger partial charge in [0.25, 0.3) is 11.6 Å². The third-order valence-corrected chi connectivity index (χ3v) is 3.19. The van der Waals surface area contributed by atoms with Crippen LogP contribution < -0.4 is 5.32 Å². The minimum Gasteiger partial charge on any atom is -0.377 e. The lowest BCUT2D eigenvalue weighted by molar-refractivity contribution is -0.384. The van der Waals surface area contributed by atoms with Crippen molar-refractivity contribution in [3.05, 3.63) is 33.9 Å². The molecule has 0 spiro atoms. The van der Waals surface area contributed by atoms with Crippen molar-refractivity contribution in [1.82, 2.24) is 4.90 Å². The van der Waals surface area contributed by atoms with E-state index in [-0.39, 0.29) is 17.6 Å². The molecule has 20 heavy (non-hydrogen) atoms. The molecule has 6 heteroatoms. The van der Waals surface area contributed by atoms with Gasteiger partial charge >= 0.3 is 0 Å². The first-order valence-electron chi connectivity index (χ1n) is 6.67. The summed E-state index contributed by atoms with van der Waals surface area (Å²) >= 11 is 0. The van der Waals surface area contributed by atoms with E-state index in [9.17, 15) is 14.9 Å². The number of carbonyl (C=O) groups is 1. The molecule has 1 N–H and O–H groups in total. The molecule has 0 saturated carbocycles. The Bertz CT molecular complexity index is 496. The first-order valence-corrected chi connectivity index (χ1v) is 6.67. The van der Waals surface area contributed by atoms with Crippen molar-refractivity contribution in [3.8, 4) is 0 Å². The summed E-state index contributed by atoms with van der Waals surface area (Å²) in [4.78, 5) is 24.0. The number of nitro benzene ring substituents is 1. The maximum Gasteiger partial charge on any atom is 0.292 e. The average molecular weight is 279 g/mol. The Hall–Kier alpha value is -2.11. The van der Waals surface area contributed by atoms with Crippen LogP contribution in [0.5, 0.6) is 0 Å². The van der Waals surface area contributed by atoms with E-state index in [2.05, 4.69) is 5.32 Å². The Balaban J connectivity index is 3.18. The second kappa shape index (κ2) is 6.88. The topological polar surface area (TPSA) is 75.5 Å². The summed E-state index contributed by atoms with van der Waals surface area (Å²) in [5.74, 6) is -0.174. The molecule has 0 aromatic heterocycles. The third-order valence-electron chi connectivity index (χ3n) is 3.19. The van der Waals surface area contributed by atoms with Crippen LogP contribution in [0.3, 0.4) is 0 Å². The Morgan fingerprint density at radius 1 is 1.35 bits per heavy atom. The van der Waals surface area contributed by atoms with E-state index in [1.165, 1.54) is 17.0 Å². The molecular formula is C14H21N3O3. The van der Waals surface area contributed by atoms with E-state index in [4.69, 9.17) is 0 Å². The lowest BCUT2D eigenvalue weighted by Gasteiger charge is -2.17. The number of hydrogen-bond acceptors (Lipinski definition) is 4. The van der Waals surface area contributed by atoms with E-state index in [0.29, 0.717) is 11.3 Å². The highest BCUT2D eigenvalue weighted by Crippen LogP contribution is 2.27. The number of hydrogen-bond donors (Lipinski definition) is 1. The van der Waals surface area contributed by atoms with Crippen LogP contribution in [-0.2, 0) is 0 Å². The molecule has 0 radical (unpaired) electrons. The average Bonchev–Trinajstić information content (AvgIpc) is 2.43. The van der Waals surface area contributed by atoms with Crippen LogP contribution >= 0.6 is 0 Å². The molecule has 0 aliphatic carbocycles. The summed E-state index contributed by atoms with van der Waals surface area (Å²) in [6.07, 6.45) is 1.72. The minimum atomic E-state index is -0.436. The van der Waals surface area contributed by atoms with Crippen LogP contribution in [0.1, 0.15) is 37.0 Å². The number of nitro groups is 1. The predicted octanol–water partition coefficient (Wildman–Crippen LogP) is 2.90. The van der Waals surface area contributed by atoms with E-state index in [1.54, 1.807) is 20.2 Å². The van der Waals surface area contributed by atoms with E-state index in [0.717, 1.165) is 12.8 Å². The van der Waals surface area contributed by atoms with Gasteiger partial charge < -0.3 is 10.2 Å². The first kappa shape index (κ1) is 15.9. The zero-order chi connectivity index (χ0) is 15.3. The third kappa shape index (κ3) is 3.69. The number of carbonyl (C=O) groups excluding carboxylic acids is 1. The summed E-state index contributed by atoms with van der Waals surface area (Å²) in [5, 5.41) is 14.2. The lowest BCUT2D eigenvalue weighted by Crippen LogP contribution is -2.22. The van der Waals surface area contributed by atoms with E-state index in [1.807, 2.05) is 13.8 Å². The van der Waals surface area contributed by atoms with Gasteiger partial charge in [-0.2, -0.15) is 0 Å². The van der Waals surface area contributed by atoms with Gasteiger partial charge in [-0.25, -0.2) is 0 Å². The minimum absolute atomic E-state index is 0.00722. The van der Waals surface area contributed by atoms with Crippen molar-refractivity contribution in [1.29, 1.82) is 0 Å². The van der Waals surface area contributed by atoms with Gasteiger partial charge in [-0.3, -0.25) is 14.9 Å². The highest BCUT2D eigenvalue weighted by Gasteiger charge is 2.19. The summed E-state index contributed by atoms with van der Waals surface area (Å²) in [5.41, 5.74) is 0.831. The maximum atomic E-state index is 11.9. The number of nitrogens with one attached hydrogen (secondary N) is 1. The Kier molecular flexibility index (Phi) is 5.49. The van der Waals surface area contributed by atoms with Crippen molar-refractivity contribution < 1.29 is 9.72 Å². The molecule has 110 valence electrons. The van der Waals surface area contributed by atoms with E-state index >= 15 is 0 Å². The lowest BCUT2D eigenvalue weighted by atomic mass is 10.1. The Morgan fingerprint density at radius 3 is 2.40 bits per heavy atom. The Labute approximate surface area is 118 Å². The monoisotopic (exact) mass is 279 g/mol. The van der Waals surface area contributed by atoms with Crippen molar-refractivity contribution in [2.24, 2.45) is 0 Å². The molecule has 0 unspecified atom stereocenters. The molecule has 1 rings (SSSR count). The zero-order valence-electron chi connectivity index (χ0n) is 12.3. The van der Waals surface area contributed by atoms with Gasteiger partial charge in [0.05, 0.1) is 4.92 Å². The second-order valence-electron chi connectivity index (χ2n) is 4.85. The molecule has 0 saturated heterocycles. The standard InChI is InChI=1S/C14H21N3O3/c1-5-11(6-2)15-12-9-10(14(18)16(3)4)7-8-13(12)17(19)20/h7-9,11,15H,5-6H2,1-4H3. The fourth-order valence-electron chi connectivity index (χ4n) is 1.91. The Morgan fingerprint density at radius 2 is 1.95 bits per heavy atom. The normalized spacial score (nSPS) is 10.4.